The van der Waals surface area contributed by atoms with Gasteiger partial charge in [-0.15, -0.1) is 0 Å². The highest BCUT2D eigenvalue weighted by Crippen LogP contribution is 1.96. The molecular formula is C12H24NO7S-. The molecule has 0 aliphatic heterocycles. The van der Waals surface area contributed by atoms with Crippen LogP contribution in [0.15, 0.2) is 0 Å². The van der Waals surface area contributed by atoms with Crippen molar-refractivity contribution in [2.24, 2.45) is 0 Å². The highest BCUT2D eigenvalue weighted by molar-refractivity contribution is 7.80. The van der Waals surface area contributed by atoms with Crippen molar-refractivity contribution in [1.82, 2.24) is 4.90 Å². The summed E-state index contributed by atoms with van der Waals surface area (Å²) in [5.74, 6) is -0.349. The van der Waals surface area contributed by atoms with Crippen LogP contribution in [0, 0.1) is 0 Å². The predicted octanol–water partition coefficient (Wildman–Crippen LogP) is 0.145. The highest BCUT2D eigenvalue weighted by Gasteiger charge is 2.06. The second-order valence-electron chi connectivity index (χ2n) is 4.38. The van der Waals surface area contributed by atoms with E-state index in [0.29, 0.717) is 39.3 Å². The van der Waals surface area contributed by atoms with E-state index in [1.165, 1.54) is 6.92 Å². The maximum absolute atomic E-state index is 10.7. The van der Waals surface area contributed by atoms with Gasteiger partial charge in [0, 0.05) is 33.2 Å². The maximum Gasteiger partial charge on any atom is 0.302 e. The van der Waals surface area contributed by atoms with Crippen LogP contribution >= 0.6 is 0 Å². The summed E-state index contributed by atoms with van der Waals surface area (Å²) in [7, 11) is -4.64. The van der Waals surface area contributed by atoms with E-state index in [9.17, 15) is 17.8 Å². The molecule has 0 aromatic heterocycles. The molecular weight excluding hydrogens is 302 g/mol. The van der Waals surface area contributed by atoms with Crippen LogP contribution < -0.4 is 0 Å². The van der Waals surface area contributed by atoms with Crippen LogP contribution in [-0.2, 0) is 28.9 Å². The van der Waals surface area contributed by atoms with Gasteiger partial charge < -0.3 is 14.0 Å². The van der Waals surface area contributed by atoms with E-state index in [0.717, 1.165) is 6.42 Å². The normalized spacial score (nSPS) is 11.8. The molecule has 9 heteroatoms. The molecule has 0 aliphatic rings. The third-order valence-corrected chi connectivity index (χ3v) is 2.91. The fourth-order valence-electron chi connectivity index (χ4n) is 1.54. The lowest BCUT2D eigenvalue weighted by Gasteiger charge is -2.22. The van der Waals surface area contributed by atoms with Gasteiger partial charge in [0.1, 0.15) is 6.61 Å². The number of hydrogen-bond donors (Lipinski definition) is 0. The Kier molecular flexibility index (Phi) is 11.5. The molecule has 0 rings (SSSR count). The van der Waals surface area contributed by atoms with Crippen molar-refractivity contribution in [2.75, 3.05) is 46.1 Å². The first-order valence-corrected chi connectivity index (χ1v) is 8.22. The molecule has 0 aromatic rings. The molecule has 0 aromatic carbocycles. The minimum atomic E-state index is -4.64. The lowest BCUT2D eigenvalue weighted by Crippen LogP contribution is -2.33. The van der Waals surface area contributed by atoms with Crippen LogP contribution in [0.3, 0.4) is 0 Å². The number of nitrogens with zero attached hydrogens (tertiary/aromatic N) is 1. The van der Waals surface area contributed by atoms with Gasteiger partial charge in [-0.3, -0.25) is 13.9 Å². The molecule has 126 valence electrons. The molecule has 0 aliphatic carbocycles. The molecule has 0 fully saturated rings. The quantitative estimate of drug-likeness (QED) is 0.204. The summed E-state index contributed by atoms with van der Waals surface area (Å²) in [4.78, 5) is 12.7. The smallest absolute Gasteiger partial charge is 0.302 e. The largest absolute Gasteiger partial charge is 0.726 e. The lowest BCUT2D eigenvalue weighted by atomic mass is 10.4. The van der Waals surface area contributed by atoms with Crippen LogP contribution in [0.2, 0.25) is 0 Å². The molecule has 0 saturated carbocycles. The molecule has 0 saturated heterocycles. The van der Waals surface area contributed by atoms with Gasteiger partial charge in [-0.1, -0.05) is 6.92 Å². The molecule has 0 spiro atoms. The Morgan fingerprint density at radius 1 is 1.10 bits per heavy atom. The highest BCUT2D eigenvalue weighted by atomic mass is 32.3. The van der Waals surface area contributed by atoms with Crippen LogP contribution in [-0.4, -0.2) is 69.9 Å². The molecule has 0 amide bonds. The van der Waals surface area contributed by atoms with Crippen molar-refractivity contribution >= 4 is 16.4 Å². The third kappa shape index (κ3) is 15.5. The average molecular weight is 326 g/mol. The fourth-order valence-corrected chi connectivity index (χ4v) is 1.87. The summed E-state index contributed by atoms with van der Waals surface area (Å²) in [5.41, 5.74) is 0. The number of rotatable bonds is 13. The Morgan fingerprint density at radius 2 is 1.76 bits per heavy atom. The standard InChI is InChI=1S/C12H25NO7S/c1-3-8-18-10-6-13(7-11-19-12(2)14)5-4-9-20-21(15,16)17/h3-11H2,1-2H3,(H,15,16,17)/p-1. The van der Waals surface area contributed by atoms with Crippen molar-refractivity contribution in [3.8, 4) is 0 Å². The molecule has 0 radical (unpaired) electrons. The number of ether oxygens (including phenoxy) is 2. The average Bonchev–Trinajstić information content (AvgIpc) is 2.37. The minimum Gasteiger partial charge on any atom is -0.726 e. The van der Waals surface area contributed by atoms with E-state index in [2.05, 4.69) is 4.18 Å². The van der Waals surface area contributed by atoms with Gasteiger partial charge in [-0.25, -0.2) is 8.42 Å². The van der Waals surface area contributed by atoms with Crippen molar-refractivity contribution in [2.45, 2.75) is 26.7 Å². The summed E-state index contributed by atoms with van der Waals surface area (Å²) in [6.07, 6.45) is 1.32. The first-order chi connectivity index (χ1) is 9.85. The molecule has 0 bridgehead atoms. The third-order valence-electron chi connectivity index (χ3n) is 2.46. The summed E-state index contributed by atoms with van der Waals surface area (Å²) in [6.45, 7) is 6.32. The van der Waals surface area contributed by atoms with E-state index in [4.69, 9.17) is 9.47 Å². The summed E-state index contributed by atoms with van der Waals surface area (Å²) >= 11 is 0. The minimum absolute atomic E-state index is 0.161. The van der Waals surface area contributed by atoms with Crippen molar-refractivity contribution in [3.63, 3.8) is 0 Å². The van der Waals surface area contributed by atoms with Crippen molar-refractivity contribution < 1.29 is 31.4 Å². The summed E-state index contributed by atoms with van der Waals surface area (Å²) in [6, 6.07) is 0. The van der Waals surface area contributed by atoms with Gasteiger partial charge in [0.15, 0.2) is 0 Å². The maximum atomic E-state index is 10.7. The Bertz CT molecular complexity index is 372. The van der Waals surface area contributed by atoms with Crippen molar-refractivity contribution in [3.05, 3.63) is 0 Å². The zero-order chi connectivity index (χ0) is 16.1. The monoisotopic (exact) mass is 326 g/mol. The number of carbonyl (C=O) groups is 1. The van der Waals surface area contributed by atoms with Gasteiger partial charge in [-0.2, -0.15) is 0 Å². The van der Waals surface area contributed by atoms with Gasteiger partial charge in [0.05, 0.1) is 13.2 Å². The Labute approximate surface area is 126 Å². The van der Waals surface area contributed by atoms with E-state index in [1.807, 2.05) is 11.8 Å². The van der Waals surface area contributed by atoms with E-state index in [-0.39, 0.29) is 19.2 Å². The van der Waals surface area contributed by atoms with Crippen molar-refractivity contribution in [1.29, 1.82) is 0 Å². The molecule has 0 atom stereocenters. The Balaban J connectivity index is 3.95. The first kappa shape index (κ1) is 20.3. The number of hydrogen-bond acceptors (Lipinski definition) is 8. The molecule has 0 heterocycles. The Hall–Kier alpha value is -0.740. The van der Waals surface area contributed by atoms with Gasteiger partial charge >= 0.3 is 5.97 Å². The van der Waals surface area contributed by atoms with E-state index in [1.54, 1.807) is 0 Å². The van der Waals surface area contributed by atoms with Gasteiger partial charge in [0.2, 0.25) is 10.4 Å². The molecule has 0 N–H and O–H groups in total. The fraction of sp³-hybridized carbons (Fsp3) is 0.917. The molecule has 0 unspecified atom stereocenters. The van der Waals surface area contributed by atoms with E-state index < -0.39 is 10.4 Å². The second-order valence-corrected chi connectivity index (χ2v) is 5.43. The number of esters is 1. The number of carbonyl (C=O) groups excluding carboxylic acids is 1. The van der Waals surface area contributed by atoms with Crippen LogP contribution in [0.4, 0.5) is 0 Å². The molecule has 8 nitrogen and oxygen atoms in total. The summed E-state index contributed by atoms with van der Waals surface area (Å²) in [5, 5.41) is 0. The first-order valence-electron chi connectivity index (χ1n) is 6.89. The zero-order valence-corrected chi connectivity index (χ0v) is 13.4. The lowest BCUT2D eigenvalue weighted by molar-refractivity contribution is -0.141. The SMILES string of the molecule is CCCOCCN(CCCOS(=O)(=O)[O-])CCOC(C)=O. The van der Waals surface area contributed by atoms with Gasteiger partial charge in [-0.05, 0) is 12.8 Å². The Morgan fingerprint density at radius 3 is 2.33 bits per heavy atom. The topological polar surface area (TPSA) is 105 Å². The van der Waals surface area contributed by atoms with Gasteiger partial charge in [0.25, 0.3) is 0 Å². The predicted molar refractivity (Wildman–Crippen MR) is 74.4 cm³/mol. The van der Waals surface area contributed by atoms with Crippen LogP contribution in [0.5, 0.6) is 0 Å². The zero-order valence-electron chi connectivity index (χ0n) is 12.6. The summed E-state index contributed by atoms with van der Waals surface area (Å²) < 4.78 is 45.3. The molecule has 21 heavy (non-hydrogen) atoms. The van der Waals surface area contributed by atoms with Crippen LogP contribution in [0.1, 0.15) is 26.7 Å². The van der Waals surface area contributed by atoms with Crippen LogP contribution in [0.25, 0.3) is 0 Å². The second kappa shape index (κ2) is 11.9. The van der Waals surface area contributed by atoms with E-state index >= 15 is 0 Å².